The summed E-state index contributed by atoms with van der Waals surface area (Å²) < 4.78 is 0. The van der Waals surface area contributed by atoms with Crippen molar-refractivity contribution in [3.05, 3.63) is 29.3 Å². The Kier molecular flexibility index (Phi) is 5.21. The van der Waals surface area contributed by atoms with Gasteiger partial charge in [0.25, 0.3) is 0 Å². The normalized spacial score (nSPS) is 9.56. The van der Waals surface area contributed by atoms with Gasteiger partial charge in [-0.25, -0.2) is 4.79 Å². The summed E-state index contributed by atoms with van der Waals surface area (Å²) in [6, 6.07) is 6.47. The molecule has 0 aliphatic rings. The van der Waals surface area contributed by atoms with E-state index in [0.29, 0.717) is 5.69 Å². The van der Waals surface area contributed by atoms with E-state index in [0.717, 1.165) is 5.56 Å². The number of nitrogens with one attached hydrogen (secondary N) is 1. The van der Waals surface area contributed by atoms with E-state index < -0.39 is 5.97 Å². The molecule has 0 fully saturated rings. The molecule has 18 heavy (non-hydrogen) atoms. The number of amides is 1. The number of aryl methyl sites for hydroxylation is 1. The van der Waals surface area contributed by atoms with Gasteiger partial charge in [-0.3, -0.25) is 4.79 Å². The third kappa shape index (κ3) is 4.11. The second kappa shape index (κ2) is 6.67. The maximum absolute atomic E-state index is 11.5. The number of carboxylic acids is 1. The van der Waals surface area contributed by atoms with E-state index in [1.54, 1.807) is 13.0 Å². The summed E-state index contributed by atoms with van der Waals surface area (Å²) in [6.45, 7) is 1.78. The minimum atomic E-state index is -1.04. The average molecular weight is 264 g/mol. The number of hydrogen-bond acceptors (Lipinski definition) is 4. The summed E-state index contributed by atoms with van der Waals surface area (Å²) in [5.74, 6) is -0.864. The highest BCUT2D eigenvalue weighted by Gasteiger charge is 2.08. The van der Waals surface area contributed by atoms with Crippen molar-refractivity contribution >= 4 is 29.3 Å². The fraction of sp³-hybridized carbons (Fsp3) is 0.250. The van der Waals surface area contributed by atoms with Gasteiger partial charge in [-0.1, -0.05) is 6.07 Å². The van der Waals surface area contributed by atoms with Crippen LogP contribution in [-0.2, 0) is 4.79 Å². The van der Waals surface area contributed by atoms with Crippen molar-refractivity contribution in [1.82, 2.24) is 0 Å². The molecule has 0 aliphatic carbocycles. The van der Waals surface area contributed by atoms with Crippen LogP contribution in [0.15, 0.2) is 18.2 Å². The van der Waals surface area contributed by atoms with Crippen LogP contribution in [0.5, 0.6) is 0 Å². The summed E-state index contributed by atoms with van der Waals surface area (Å²) >= 11 is 1.21. The molecule has 0 spiro atoms. The number of carbonyl (C=O) groups excluding carboxylic acids is 1. The van der Waals surface area contributed by atoms with Crippen molar-refractivity contribution in [2.24, 2.45) is 0 Å². The molecule has 1 rings (SSSR count). The zero-order valence-electron chi connectivity index (χ0n) is 9.77. The van der Waals surface area contributed by atoms with Crippen LogP contribution < -0.4 is 5.32 Å². The Labute approximate surface area is 109 Å². The van der Waals surface area contributed by atoms with E-state index in [1.807, 2.05) is 6.07 Å². The average Bonchev–Trinajstić information content (AvgIpc) is 2.32. The van der Waals surface area contributed by atoms with Gasteiger partial charge in [0.05, 0.1) is 23.1 Å². The minimum Gasteiger partial charge on any atom is -0.478 e. The number of aromatic carboxylic acids is 1. The number of carboxylic acid groups (broad SMARTS) is 1. The Bertz CT molecular complexity index is 509. The lowest BCUT2D eigenvalue weighted by molar-refractivity contribution is -0.113. The molecular weight excluding hydrogens is 252 g/mol. The fourth-order valence-corrected chi connectivity index (χ4v) is 1.72. The van der Waals surface area contributed by atoms with Crippen LogP contribution in [-0.4, -0.2) is 28.5 Å². The first kappa shape index (κ1) is 14.1. The smallest absolute Gasteiger partial charge is 0.335 e. The number of benzene rings is 1. The molecule has 0 aromatic heterocycles. The van der Waals surface area contributed by atoms with Crippen molar-refractivity contribution in [3.8, 4) is 6.07 Å². The van der Waals surface area contributed by atoms with E-state index in [1.165, 1.54) is 23.9 Å². The maximum atomic E-state index is 11.5. The summed E-state index contributed by atoms with van der Waals surface area (Å²) in [5, 5.41) is 19.8. The summed E-state index contributed by atoms with van der Waals surface area (Å²) in [6.07, 6.45) is 0. The predicted octanol–water partition coefficient (Wildman–Crippen LogP) is 1.89. The standard InChI is InChI=1S/C12H12N2O3S/c1-8-2-3-9(12(16)17)6-10(8)14-11(15)7-18-5-4-13/h2-3,6H,5,7H2,1H3,(H,14,15)(H,16,17). The molecule has 5 nitrogen and oxygen atoms in total. The highest BCUT2D eigenvalue weighted by Crippen LogP contribution is 2.17. The van der Waals surface area contributed by atoms with Gasteiger partial charge in [-0.2, -0.15) is 5.26 Å². The molecule has 0 heterocycles. The Morgan fingerprint density at radius 3 is 2.83 bits per heavy atom. The van der Waals surface area contributed by atoms with Crippen LogP contribution in [0.3, 0.4) is 0 Å². The molecule has 0 radical (unpaired) electrons. The third-order valence-electron chi connectivity index (χ3n) is 2.16. The largest absolute Gasteiger partial charge is 0.478 e. The van der Waals surface area contributed by atoms with Gasteiger partial charge in [0, 0.05) is 5.69 Å². The van der Waals surface area contributed by atoms with Crippen LogP contribution >= 0.6 is 11.8 Å². The first-order valence-corrected chi connectivity index (χ1v) is 6.28. The van der Waals surface area contributed by atoms with Crippen molar-refractivity contribution in [1.29, 1.82) is 5.26 Å². The zero-order valence-corrected chi connectivity index (χ0v) is 10.6. The lowest BCUT2D eigenvalue weighted by atomic mass is 10.1. The van der Waals surface area contributed by atoms with Gasteiger partial charge < -0.3 is 10.4 Å². The van der Waals surface area contributed by atoms with E-state index in [9.17, 15) is 9.59 Å². The van der Waals surface area contributed by atoms with Crippen LogP contribution in [0.4, 0.5) is 5.69 Å². The molecule has 0 unspecified atom stereocenters. The third-order valence-corrected chi connectivity index (χ3v) is 2.96. The number of hydrogen-bond donors (Lipinski definition) is 2. The van der Waals surface area contributed by atoms with E-state index in [4.69, 9.17) is 10.4 Å². The Morgan fingerprint density at radius 1 is 1.50 bits per heavy atom. The van der Waals surface area contributed by atoms with Gasteiger partial charge in [-0.15, -0.1) is 11.8 Å². The number of rotatable bonds is 5. The topological polar surface area (TPSA) is 90.2 Å². The maximum Gasteiger partial charge on any atom is 0.335 e. The summed E-state index contributed by atoms with van der Waals surface area (Å²) in [4.78, 5) is 22.3. The van der Waals surface area contributed by atoms with Crippen molar-refractivity contribution in [3.63, 3.8) is 0 Å². The second-order valence-corrected chi connectivity index (χ2v) is 4.52. The monoisotopic (exact) mass is 264 g/mol. The molecule has 0 bridgehead atoms. The molecule has 94 valence electrons. The van der Waals surface area contributed by atoms with Crippen LogP contribution in [0.2, 0.25) is 0 Å². The van der Waals surface area contributed by atoms with Gasteiger partial charge in [0.15, 0.2) is 0 Å². The zero-order chi connectivity index (χ0) is 13.5. The fourth-order valence-electron chi connectivity index (χ4n) is 1.27. The highest BCUT2D eigenvalue weighted by molar-refractivity contribution is 8.00. The molecular formula is C12H12N2O3S. The predicted molar refractivity (Wildman–Crippen MR) is 69.7 cm³/mol. The Morgan fingerprint density at radius 2 is 2.22 bits per heavy atom. The molecule has 1 amide bonds. The molecule has 0 aliphatic heterocycles. The summed E-state index contributed by atoms with van der Waals surface area (Å²) in [5.41, 5.74) is 1.40. The molecule has 1 aromatic rings. The van der Waals surface area contributed by atoms with E-state index in [2.05, 4.69) is 5.32 Å². The van der Waals surface area contributed by atoms with E-state index in [-0.39, 0.29) is 23.0 Å². The first-order chi connectivity index (χ1) is 8.54. The van der Waals surface area contributed by atoms with Gasteiger partial charge in [-0.05, 0) is 24.6 Å². The SMILES string of the molecule is Cc1ccc(C(=O)O)cc1NC(=O)CSCC#N. The van der Waals surface area contributed by atoms with Crippen molar-refractivity contribution < 1.29 is 14.7 Å². The number of nitriles is 1. The number of thioether (sulfide) groups is 1. The Balaban J connectivity index is 2.72. The van der Waals surface area contributed by atoms with E-state index >= 15 is 0 Å². The van der Waals surface area contributed by atoms with Crippen LogP contribution in [0.25, 0.3) is 0 Å². The highest BCUT2D eigenvalue weighted by atomic mass is 32.2. The molecule has 0 saturated heterocycles. The second-order valence-electron chi connectivity index (χ2n) is 3.53. The van der Waals surface area contributed by atoms with Crippen LogP contribution in [0.1, 0.15) is 15.9 Å². The minimum absolute atomic E-state index is 0.126. The molecule has 6 heteroatoms. The van der Waals surface area contributed by atoms with Gasteiger partial charge in [0.1, 0.15) is 0 Å². The molecule has 0 atom stereocenters. The number of carbonyl (C=O) groups is 2. The van der Waals surface area contributed by atoms with Crippen LogP contribution in [0, 0.1) is 18.3 Å². The van der Waals surface area contributed by atoms with Gasteiger partial charge in [0.2, 0.25) is 5.91 Å². The lowest BCUT2D eigenvalue weighted by Crippen LogP contribution is -2.15. The van der Waals surface area contributed by atoms with Gasteiger partial charge >= 0.3 is 5.97 Å². The molecule has 0 saturated carbocycles. The quantitative estimate of drug-likeness (QED) is 0.792. The Hall–Kier alpha value is -2.00. The number of anilines is 1. The first-order valence-electron chi connectivity index (χ1n) is 5.13. The lowest BCUT2D eigenvalue weighted by Gasteiger charge is -2.08. The van der Waals surface area contributed by atoms with Crippen molar-refractivity contribution in [2.45, 2.75) is 6.92 Å². The molecule has 2 N–H and O–H groups in total. The van der Waals surface area contributed by atoms with Crippen molar-refractivity contribution in [2.75, 3.05) is 16.8 Å². The molecule has 1 aromatic carbocycles. The summed E-state index contributed by atoms with van der Waals surface area (Å²) in [7, 11) is 0. The number of nitrogens with zero attached hydrogens (tertiary/aromatic N) is 1.